The standard InChI is InChI=1S/C24H23F5N4O2S/c1-14(24(27,28)29)32-36(34,35)17-7-9-20(31-13-17)23-19(12-30)18-8-6-15(11-22(25)26)10-21(18)33(23)16-4-2-3-5-16/h6-10,13-14,16,22,32H,2-5,11H2,1H3. The molecule has 2 aromatic heterocycles. The molecular weight excluding hydrogens is 503 g/mol. The van der Waals surface area contributed by atoms with Gasteiger partial charge in [0.15, 0.2) is 0 Å². The highest BCUT2D eigenvalue weighted by Crippen LogP contribution is 2.41. The first-order valence-corrected chi connectivity index (χ1v) is 12.8. The molecule has 1 N–H and O–H groups in total. The summed E-state index contributed by atoms with van der Waals surface area (Å²) in [6.45, 7) is 0.695. The van der Waals surface area contributed by atoms with Crippen LogP contribution in [0.2, 0.25) is 0 Å². The molecule has 2 heterocycles. The Hall–Kier alpha value is -3.04. The fourth-order valence-electron chi connectivity index (χ4n) is 4.61. The van der Waals surface area contributed by atoms with E-state index in [0.717, 1.165) is 37.9 Å². The third-order valence-corrected chi connectivity index (χ3v) is 7.90. The number of fused-ring (bicyclic) bond motifs is 1. The molecule has 1 saturated carbocycles. The van der Waals surface area contributed by atoms with E-state index in [1.165, 1.54) is 6.07 Å². The highest BCUT2D eigenvalue weighted by atomic mass is 32.2. The average Bonchev–Trinajstić information content (AvgIpc) is 3.43. The molecule has 1 aliphatic rings. The van der Waals surface area contributed by atoms with Gasteiger partial charge in [-0.1, -0.05) is 25.0 Å². The van der Waals surface area contributed by atoms with E-state index in [-0.39, 0.29) is 17.3 Å². The van der Waals surface area contributed by atoms with Crippen LogP contribution in [-0.2, 0) is 16.4 Å². The smallest absolute Gasteiger partial charge is 0.335 e. The summed E-state index contributed by atoms with van der Waals surface area (Å²) in [5, 5.41) is 10.6. The molecule has 0 saturated heterocycles. The summed E-state index contributed by atoms with van der Waals surface area (Å²) in [5.41, 5.74) is 1.99. The highest BCUT2D eigenvalue weighted by molar-refractivity contribution is 7.89. The molecule has 1 atom stereocenters. The van der Waals surface area contributed by atoms with Gasteiger partial charge >= 0.3 is 6.18 Å². The Bertz CT molecular complexity index is 1400. The number of rotatable bonds is 7. The molecule has 6 nitrogen and oxygen atoms in total. The van der Waals surface area contributed by atoms with Crippen molar-refractivity contribution in [3.8, 4) is 17.5 Å². The number of nitrogens with one attached hydrogen (secondary N) is 1. The van der Waals surface area contributed by atoms with Crippen LogP contribution in [0.4, 0.5) is 22.0 Å². The van der Waals surface area contributed by atoms with E-state index in [9.17, 15) is 35.6 Å². The number of hydrogen-bond acceptors (Lipinski definition) is 4. The second-order valence-corrected chi connectivity index (χ2v) is 10.6. The van der Waals surface area contributed by atoms with E-state index in [4.69, 9.17) is 0 Å². The Morgan fingerprint density at radius 3 is 2.44 bits per heavy atom. The van der Waals surface area contributed by atoms with Gasteiger partial charge in [0.25, 0.3) is 0 Å². The quantitative estimate of drug-likeness (QED) is 0.399. The average molecular weight is 527 g/mol. The zero-order valence-electron chi connectivity index (χ0n) is 19.2. The fourth-order valence-corrected chi connectivity index (χ4v) is 5.79. The minimum absolute atomic E-state index is 0.00842. The Balaban J connectivity index is 1.82. The number of nitrogens with zero attached hydrogens (tertiary/aromatic N) is 3. The zero-order chi connectivity index (χ0) is 26.3. The lowest BCUT2D eigenvalue weighted by molar-refractivity contribution is -0.147. The van der Waals surface area contributed by atoms with Gasteiger partial charge in [0.05, 0.1) is 22.5 Å². The molecule has 3 aromatic rings. The van der Waals surface area contributed by atoms with E-state index in [2.05, 4.69) is 11.1 Å². The van der Waals surface area contributed by atoms with Crippen LogP contribution in [0.1, 0.15) is 49.8 Å². The molecule has 12 heteroatoms. The number of benzene rings is 1. The summed E-state index contributed by atoms with van der Waals surface area (Å²) < 4.78 is 92.9. The zero-order valence-corrected chi connectivity index (χ0v) is 20.0. The van der Waals surface area contributed by atoms with Crippen molar-refractivity contribution >= 4 is 20.9 Å². The van der Waals surface area contributed by atoms with Gasteiger partial charge in [-0.05, 0) is 43.5 Å². The molecule has 192 valence electrons. The molecular formula is C24H23F5N4O2S. The maximum Gasteiger partial charge on any atom is 0.404 e. The molecule has 0 radical (unpaired) electrons. The lowest BCUT2D eigenvalue weighted by Crippen LogP contribution is -2.42. The molecule has 0 bridgehead atoms. The van der Waals surface area contributed by atoms with Crippen LogP contribution in [0.3, 0.4) is 0 Å². The summed E-state index contributed by atoms with van der Waals surface area (Å²) in [5.74, 6) is 0. The van der Waals surface area contributed by atoms with E-state index in [0.29, 0.717) is 29.1 Å². The third-order valence-electron chi connectivity index (χ3n) is 6.37. The molecule has 0 spiro atoms. The summed E-state index contributed by atoms with van der Waals surface area (Å²) in [6, 6.07) is 7.16. The lowest BCUT2D eigenvalue weighted by Gasteiger charge is -2.19. The number of hydrogen-bond donors (Lipinski definition) is 1. The molecule has 1 fully saturated rings. The van der Waals surface area contributed by atoms with Crippen LogP contribution in [0, 0.1) is 11.3 Å². The molecule has 4 rings (SSSR count). The maximum atomic E-state index is 13.0. The predicted molar refractivity (Wildman–Crippen MR) is 123 cm³/mol. The van der Waals surface area contributed by atoms with Crippen molar-refractivity contribution in [3.63, 3.8) is 0 Å². The Labute approximate surface area is 204 Å². The number of aromatic nitrogens is 2. The predicted octanol–water partition coefficient (Wildman–Crippen LogP) is 5.73. The van der Waals surface area contributed by atoms with Gasteiger partial charge in [0.2, 0.25) is 16.4 Å². The van der Waals surface area contributed by atoms with Gasteiger partial charge in [-0.2, -0.15) is 23.2 Å². The molecule has 36 heavy (non-hydrogen) atoms. The number of halogens is 5. The van der Waals surface area contributed by atoms with Crippen LogP contribution >= 0.6 is 0 Å². The van der Waals surface area contributed by atoms with Crippen molar-refractivity contribution in [2.75, 3.05) is 0 Å². The number of pyridine rings is 1. The first kappa shape index (κ1) is 26.0. The van der Waals surface area contributed by atoms with E-state index < -0.39 is 40.0 Å². The van der Waals surface area contributed by atoms with Crippen LogP contribution < -0.4 is 4.72 Å². The van der Waals surface area contributed by atoms with Crippen molar-refractivity contribution in [2.45, 2.75) is 68.6 Å². The highest BCUT2D eigenvalue weighted by Gasteiger charge is 2.39. The topological polar surface area (TPSA) is 87.8 Å². The first-order valence-electron chi connectivity index (χ1n) is 11.3. The van der Waals surface area contributed by atoms with Gasteiger partial charge in [-0.15, -0.1) is 0 Å². The fraction of sp³-hybridized carbons (Fsp3) is 0.417. The minimum Gasteiger partial charge on any atom is -0.335 e. The minimum atomic E-state index is -4.76. The third kappa shape index (κ3) is 5.08. The second-order valence-electron chi connectivity index (χ2n) is 8.85. The summed E-state index contributed by atoms with van der Waals surface area (Å²) in [6.07, 6.45) is -3.24. The Morgan fingerprint density at radius 2 is 1.89 bits per heavy atom. The van der Waals surface area contributed by atoms with E-state index in [1.54, 1.807) is 22.9 Å². The summed E-state index contributed by atoms with van der Waals surface area (Å²) in [4.78, 5) is 3.74. The van der Waals surface area contributed by atoms with E-state index >= 15 is 0 Å². The van der Waals surface area contributed by atoms with Crippen LogP contribution in [0.15, 0.2) is 41.4 Å². The van der Waals surface area contributed by atoms with Crippen LogP contribution in [0.5, 0.6) is 0 Å². The van der Waals surface area contributed by atoms with Gasteiger partial charge < -0.3 is 4.57 Å². The van der Waals surface area contributed by atoms with Crippen LogP contribution in [0.25, 0.3) is 22.3 Å². The molecule has 0 amide bonds. The SMILES string of the molecule is CC(NS(=O)(=O)c1ccc(-c2c(C#N)c3ccc(CC(F)F)cc3n2C2CCCC2)nc1)C(F)(F)F. The molecule has 0 aliphatic heterocycles. The molecule has 1 aliphatic carbocycles. The van der Waals surface area contributed by atoms with Crippen LogP contribution in [-0.4, -0.2) is 36.6 Å². The van der Waals surface area contributed by atoms with Gasteiger partial charge in [-0.25, -0.2) is 17.2 Å². The van der Waals surface area contributed by atoms with Gasteiger partial charge in [0.1, 0.15) is 17.0 Å². The summed E-state index contributed by atoms with van der Waals surface area (Å²) in [7, 11) is -4.50. The van der Waals surface area contributed by atoms with Crippen molar-refractivity contribution in [2.24, 2.45) is 0 Å². The normalized spacial score (nSPS) is 16.1. The second kappa shape index (κ2) is 9.78. The monoisotopic (exact) mass is 526 g/mol. The Morgan fingerprint density at radius 1 is 1.19 bits per heavy atom. The first-order chi connectivity index (χ1) is 16.9. The number of nitriles is 1. The summed E-state index contributed by atoms with van der Waals surface area (Å²) >= 11 is 0. The van der Waals surface area contributed by atoms with Crippen molar-refractivity contribution in [3.05, 3.63) is 47.7 Å². The van der Waals surface area contributed by atoms with Gasteiger partial charge in [-0.3, -0.25) is 4.98 Å². The van der Waals surface area contributed by atoms with Crippen molar-refractivity contribution in [1.29, 1.82) is 5.26 Å². The van der Waals surface area contributed by atoms with Crippen molar-refractivity contribution in [1.82, 2.24) is 14.3 Å². The maximum absolute atomic E-state index is 13.0. The van der Waals surface area contributed by atoms with Crippen molar-refractivity contribution < 1.29 is 30.4 Å². The number of alkyl halides is 5. The van der Waals surface area contributed by atoms with Gasteiger partial charge in [0, 0.05) is 24.0 Å². The largest absolute Gasteiger partial charge is 0.404 e. The molecule has 1 aromatic carbocycles. The number of sulfonamides is 1. The van der Waals surface area contributed by atoms with E-state index in [1.807, 2.05) is 4.57 Å². The lowest BCUT2D eigenvalue weighted by atomic mass is 10.1. The molecule has 1 unspecified atom stereocenters. The Kier molecular flexibility index (Phi) is 7.07.